The Morgan fingerprint density at radius 3 is 1.90 bits per heavy atom. The average molecular weight is 611 g/mol. The van der Waals surface area contributed by atoms with Gasteiger partial charge in [0.25, 0.3) is 0 Å². The molecule has 0 bridgehead atoms. The van der Waals surface area contributed by atoms with Gasteiger partial charge in [0, 0.05) is 27.1 Å². The molecule has 8 aromatic carbocycles. The van der Waals surface area contributed by atoms with Crippen molar-refractivity contribution in [2.45, 2.75) is 0 Å². The normalized spacial score (nSPS) is 12.2. The van der Waals surface area contributed by atoms with E-state index in [1.807, 2.05) is 12.1 Å². The van der Waals surface area contributed by atoms with Gasteiger partial charge in [0.05, 0.1) is 38.6 Å². The molecule has 0 saturated carbocycles. The number of benzene rings is 8. The fourth-order valence-corrected chi connectivity index (χ4v) is 7.92. The van der Waals surface area contributed by atoms with Gasteiger partial charge in [0.15, 0.2) is 5.82 Å². The second kappa shape index (κ2) is 9.50. The fraction of sp³-hybridized carbons (Fsp3) is 0. The van der Waals surface area contributed by atoms with Crippen LogP contribution in [0.1, 0.15) is 0 Å². The van der Waals surface area contributed by atoms with Crippen LogP contribution in [0, 0.1) is 0 Å². The molecular weight excluding hydrogens is 585 g/mol. The Kier molecular flexibility index (Phi) is 5.08. The third-order valence-electron chi connectivity index (χ3n) is 10.0. The maximum absolute atomic E-state index is 5.46. The highest BCUT2D eigenvalue weighted by Crippen LogP contribution is 2.42. The van der Waals surface area contributed by atoms with Crippen molar-refractivity contribution < 1.29 is 0 Å². The molecule has 11 aromatic rings. The lowest BCUT2D eigenvalue weighted by molar-refractivity contribution is 1.07. The lowest BCUT2D eigenvalue weighted by atomic mass is 10.0. The van der Waals surface area contributed by atoms with Crippen LogP contribution in [-0.4, -0.2) is 18.9 Å². The van der Waals surface area contributed by atoms with Crippen molar-refractivity contribution in [1.82, 2.24) is 18.9 Å². The van der Waals surface area contributed by atoms with Crippen LogP contribution >= 0.6 is 0 Å². The summed E-state index contributed by atoms with van der Waals surface area (Å²) in [7, 11) is 0. The van der Waals surface area contributed by atoms with Gasteiger partial charge in [-0.2, -0.15) is 0 Å². The highest BCUT2D eigenvalue weighted by Gasteiger charge is 2.22. The first kappa shape index (κ1) is 25.6. The van der Waals surface area contributed by atoms with Crippen molar-refractivity contribution in [3.8, 4) is 17.1 Å². The minimum absolute atomic E-state index is 0.806. The Labute approximate surface area is 274 Å². The number of aromatic nitrogens is 4. The highest BCUT2D eigenvalue weighted by atomic mass is 15.1. The summed E-state index contributed by atoms with van der Waals surface area (Å²) in [6.07, 6.45) is 0. The lowest BCUT2D eigenvalue weighted by Gasteiger charge is -2.16. The molecule has 3 aromatic heterocycles. The predicted molar refractivity (Wildman–Crippen MR) is 200 cm³/mol. The first-order valence-corrected chi connectivity index (χ1v) is 16.3. The summed E-state index contributed by atoms with van der Waals surface area (Å²) in [6, 6.07) is 56.5. The van der Waals surface area contributed by atoms with E-state index in [9.17, 15) is 0 Å². The minimum atomic E-state index is 0.806. The van der Waals surface area contributed by atoms with Crippen LogP contribution in [0.25, 0.3) is 98.8 Å². The Balaban J connectivity index is 1.41. The van der Waals surface area contributed by atoms with E-state index >= 15 is 0 Å². The van der Waals surface area contributed by atoms with Crippen molar-refractivity contribution in [2.24, 2.45) is 0 Å². The molecule has 0 radical (unpaired) electrons. The van der Waals surface area contributed by atoms with Gasteiger partial charge in [-0.1, -0.05) is 121 Å². The summed E-state index contributed by atoms with van der Waals surface area (Å²) in [6.45, 7) is 0. The summed E-state index contributed by atoms with van der Waals surface area (Å²) in [5.74, 6) is 0.806. The van der Waals surface area contributed by atoms with Gasteiger partial charge in [0.1, 0.15) is 5.69 Å². The molecule has 0 aliphatic carbocycles. The minimum Gasteiger partial charge on any atom is -0.306 e. The van der Waals surface area contributed by atoms with Crippen LogP contribution in [0.4, 0.5) is 0 Å². The number of fused-ring (bicyclic) bond motifs is 9. The Bertz CT molecular complexity index is 3130. The highest BCUT2D eigenvalue weighted by molar-refractivity contribution is 6.27. The van der Waals surface area contributed by atoms with Crippen molar-refractivity contribution in [2.75, 3.05) is 0 Å². The molecule has 0 atom stereocenters. The molecule has 4 nitrogen and oxygen atoms in total. The zero-order valence-corrected chi connectivity index (χ0v) is 25.8. The molecule has 4 heteroatoms. The zero-order valence-electron chi connectivity index (χ0n) is 25.8. The monoisotopic (exact) mass is 610 g/mol. The zero-order chi connectivity index (χ0) is 31.3. The molecule has 3 heterocycles. The lowest BCUT2D eigenvalue weighted by Crippen LogP contribution is -2.05. The van der Waals surface area contributed by atoms with Crippen LogP contribution in [0.5, 0.6) is 0 Å². The summed E-state index contributed by atoms with van der Waals surface area (Å²) in [5.41, 5.74) is 9.30. The van der Waals surface area contributed by atoms with E-state index in [1.165, 1.54) is 54.1 Å². The van der Waals surface area contributed by atoms with E-state index in [2.05, 4.69) is 155 Å². The molecule has 0 fully saturated rings. The van der Waals surface area contributed by atoms with Crippen molar-refractivity contribution in [3.63, 3.8) is 0 Å². The van der Waals surface area contributed by atoms with Crippen LogP contribution in [-0.2, 0) is 0 Å². The third kappa shape index (κ3) is 3.43. The topological polar surface area (TPSA) is 35.1 Å². The molecule has 11 rings (SSSR count). The van der Waals surface area contributed by atoms with E-state index in [-0.39, 0.29) is 0 Å². The van der Waals surface area contributed by atoms with Crippen molar-refractivity contribution in [1.29, 1.82) is 0 Å². The maximum Gasteiger partial charge on any atom is 0.165 e. The van der Waals surface area contributed by atoms with Crippen molar-refractivity contribution >= 4 is 81.7 Å². The van der Waals surface area contributed by atoms with E-state index in [4.69, 9.17) is 9.97 Å². The molecule has 0 spiro atoms. The van der Waals surface area contributed by atoms with Gasteiger partial charge >= 0.3 is 0 Å². The van der Waals surface area contributed by atoms with Gasteiger partial charge < -0.3 is 4.40 Å². The van der Waals surface area contributed by atoms with Crippen LogP contribution < -0.4 is 0 Å². The molecule has 0 unspecified atom stereocenters. The molecule has 0 aliphatic heterocycles. The molecule has 0 saturated heterocycles. The van der Waals surface area contributed by atoms with E-state index in [0.717, 1.165) is 44.7 Å². The first-order valence-electron chi connectivity index (χ1n) is 16.3. The third-order valence-corrected chi connectivity index (χ3v) is 10.0. The summed E-state index contributed by atoms with van der Waals surface area (Å²) in [5, 5.41) is 9.73. The van der Waals surface area contributed by atoms with Gasteiger partial charge in [-0.05, 0) is 57.9 Å². The molecule has 0 N–H and O–H groups in total. The average Bonchev–Trinajstić information content (AvgIpc) is 3.43. The second-order valence-corrected chi connectivity index (χ2v) is 12.6. The molecule has 0 aliphatic rings. The van der Waals surface area contributed by atoms with Crippen LogP contribution in [0.15, 0.2) is 158 Å². The summed E-state index contributed by atoms with van der Waals surface area (Å²) >= 11 is 0. The number of hydrogen-bond donors (Lipinski definition) is 0. The molecule has 48 heavy (non-hydrogen) atoms. The maximum atomic E-state index is 5.46. The van der Waals surface area contributed by atoms with E-state index in [0.29, 0.717) is 0 Å². The summed E-state index contributed by atoms with van der Waals surface area (Å²) in [4.78, 5) is 10.8. The standard InChI is InChI=1S/C44H26N4/c1-2-12-30-26-31(21-20-27(30)10-1)41-44(46-36-16-6-5-15-35(36)45-41)47-37-17-7-8-18-38(37)48-42-32-14-4-3-11-28(32)22-24-33(42)34-25-23-29-13-9-19-39(47)40(29)43(34)48/h1-26H. The first-order chi connectivity index (χ1) is 23.8. The smallest absolute Gasteiger partial charge is 0.165 e. The Hall–Kier alpha value is -6.52. The van der Waals surface area contributed by atoms with E-state index in [1.54, 1.807) is 0 Å². The number of rotatable bonds is 2. The fourth-order valence-electron chi connectivity index (χ4n) is 7.92. The summed E-state index contributed by atoms with van der Waals surface area (Å²) < 4.78 is 4.85. The molecule has 0 amide bonds. The SMILES string of the molecule is c1ccc2cc(-c3nc4ccccc4nc3-n3c4cccc5ccc6c7ccc8ccccc8c7n(c7ccccc73)c6c54)ccc2c1. The van der Waals surface area contributed by atoms with Crippen molar-refractivity contribution in [3.05, 3.63) is 158 Å². The van der Waals surface area contributed by atoms with Crippen LogP contribution in [0.3, 0.4) is 0 Å². The van der Waals surface area contributed by atoms with Gasteiger partial charge in [-0.3, -0.25) is 4.57 Å². The Morgan fingerprint density at radius 1 is 0.396 bits per heavy atom. The number of nitrogens with zero attached hydrogens (tertiary/aromatic N) is 4. The van der Waals surface area contributed by atoms with Gasteiger partial charge in [-0.15, -0.1) is 0 Å². The number of para-hydroxylation sites is 4. The number of hydrogen-bond acceptors (Lipinski definition) is 2. The largest absolute Gasteiger partial charge is 0.306 e. The van der Waals surface area contributed by atoms with Crippen LogP contribution in [0.2, 0.25) is 0 Å². The molecule has 222 valence electrons. The Morgan fingerprint density at radius 2 is 1.02 bits per heavy atom. The van der Waals surface area contributed by atoms with E-state index < -0.39 is 0 Å². The second-order valence-electron chi connectivity index (χ2n) is 12.6. The van der Waals surface area contributed by atoms with Gasteiger partial charge in [-0.25, -0.2) is 9.97 Å². The quantitative estimate of drug-likeness (QED) is 0.195. The molecular formula is C44H26N4. The predicted octanol–water partition coefficient (Wildman–Crippen LogP) is 11.3. The van der Waals surface area contributed by atoms with Gasteiger partial charge in [0.2, 0.25) is 0 Å².